The average molecular weight is 206 g/mol. The van der Waals surface area contributed by atoms with Crippen molar-refractivity contribution in [3.8, 4) is 0 Å². The predicted octanol–water partition coefficient (Wildman–Crippen LogP) is 1.01. The number of hydrogen-bond donors (Lipinski definition) is 0. The Morgan fingerprint density at radius 3 is 2.62 bits per heavy atom. The first-order chi connectivity index (χ1) is 5.94. The van der Waals surface area contributed by atoms with Crippen LogP contribution in [-0.4, -0.2) is 18.2 Å². The van der Waals surface area contributed by atoms with E-state index < -0.39 is 16.0 Å². The molecule has 0 atom stereocenters. The van der Waals surface area contributed by atoms with Gasteiger partial charge in [-0.25, -0.2) is 0 Å². The summed E-state index contributed by atoms with van der Waals surface area (Å²) in [7, 11) is -4.45. The maximum Gasteiger partial charge on any atom is 0.306 e. The van der Waals surface area contributed by atoms with Crippen LogP contribution < -0.4 is 0 Å². The largest absolute Gasteiger partial charge is 0.306 e. The summed E-state index contributed by atoms with van der Waals surface area (Å²) in [4.78, 5) is 0. The maximum atomic E-state index is 12.3. The summed E-state index contributed by atoms with van der Waals surface area (Å²) in [6, 6.07) is 0. The summed E-state index contributed by atoms with van der Waals surface area (Å²) in [5.74, 6) is -0.584. The van der Waals surface area contributed by atoms with Crippen LogP contribution in [0.1, 0.15) is 18.2 Å². The van der Waals surface area contributed by atoms with E-state index in [0.717, 1.165) is 0 Å². The van der Waals surface area contributed by atoms with E-state index in [0.29, 0.717) is 17.8 Å². The minimum atomic E-state index is -4.45. The molecular formula is C7H11FN2O2S. The monoisotopic (exact) mass is 206 g/mol. The highest BCUT2D eigenvalue weighted by atomic mass is 32.3. The number of aromatic nitrogens is 2. The van der Waals surface area contributed by atoms with Gasteiger partial charge in [0.05, 0.1) is 6.20 Å². The highest BCUT2D eigenvalue weighted by Gasteiger charge is 2.13. The molecular weight excluding hydrogens is 195 g/mol. The summed E-state index contributed by atoms with van der Waals surface area (Å²) >= 11 is 0. The zero-order chi connectivity index (χ0) is 10.1. The highest BCUT2D eigenvalue weighted by Crippen LogP contribution is 2.11. The second kappa shape index (κ2) is 3.45. The van der Waals surface area contributed by atoms with E-state index in [1.165, 1.54) is 6.20 Å². The van der Waals surface area contributed by atoms with Crippen LogP contribution >= 0.6 is 0 Å². The molecule has 1 aromatic rings. The summed E-state index contributed by atoms with van der Waals surface area (Å²) in [5.41, 5.74) is 1.12. The third-order valence-electron chi connectivity index (χ3n) is 1.83. The second-order valence-electron chi connectivity index (χ2n) is 2.75. The fraction of sp³-hybridized carbons (Fsp3) is 0.571. The van der Waals surface area contributed by atoms with Gasteiger partial charge >= 0.3 is 10.2 Å². The van der Waals surface area contributed by atoms with Crippen molar-refractivity contribution < 1.29 is 12.3 Å². The second-order valence-corrected chi connectivity index (χ2v) is 4.12. The molecule has 6 heteroatoms. The first kappa shape index (κ1) is 10.2. The fourth-order valence-electron chi connectivity index (χ4n) is 1.13. The van der Waals surface area contributed by atoms with Crippen LogP contribution in [0.3, 0.4) is 0 Å². The van der Waals surface area contributed by atoms with E-state index in [1.54, 1.807) is 11.6 Å². The molecule has 0 aromatic carbocycles. The molecule has 1 rings (SSSR count). The molecule has 0 radical (unpaired) electrons. The molecule has 0 fully saturated rings. The molecule has 0 spiro atoms. The molecule has 1 heterocycles. The van der Waals surface area contributed by atoms with E-state index in [9.17, 15) is 12.3 Å². The third kappa shape index (κ3) is 2.51. The van der Waals surface area contributed by atoms with Gasteiger partial charge in [0.1, 0.15) is 5.75 Å². The summed E-state index contributed by atoms with van der Waals surface area (Å²) in [6.45, 7) is 4.25. The third-order valence-corrected chi connectivity index (χ3v) is 2.49. The van der Waals surface area contributed by atoms with Gasteiger partial charge in [-0.2, -0.15) is 13.5 Å². The van der Waals surface area contributed by atoms with Crippen LogP contribution in [-0.2, 0) is 22.5 Å². The van der Waals surface area contributed by atoms with Gasteiger partial charge in [-0.05, 0) is 13.8 Å². The molecule has 0 amide bonds. The first-order valence-corrected chi connectivity index (χ1v) is 5.43. The van der Waals surface area contributed by atoms with Crippen LogP contribution in [0.5, 0.6) is 0 Å². The lowest BCUT2D eigenvalue weighted by Crippen LogP contribution is -2.01. The Balaban J connectivity index is 2.97. The van der Waals surface area contributed by atoms with Gasteiger partial charge in [0.25, 0.3) is 0 Å². The van der Waals surface area contributed by atoms with Crippen molar-refractivity contribution >= 4 is 10.2 Å². The standard InChI is InChI=1S/C7H11FN2O2S/c1-3-10-6(2)7(4-9-10)5-13(8,11)12/h4H,3,5H2,1-2H3. The Labute approximate surface area is 76.6 Å². The van der Waals surface area contributed by atoms with Gasteiger partial charge in [0.15, 0.2) is 0 Å². The van der Waals surface area contributed by atoms with Gasteiger partial charge in [0.2, 0.25) is 0 Å². The van der Waals surface area contributed by atoms with Crippen molar-refractivity contribution in [1.29, 1.82) is 0 Å². The summed E-state index contributed by atoms with van der Waals surface area (Å²) in [6.07, 6.45) is 1.38. The Morgan fingerprint density at radius 1 is 1.62 bits per heavy atom. The fourth-order valence-corrected chi connectivity index (χ4v) is 1.79. The van der Waals surface area contributed by atoms with Crippen molar-refractivity contribution in [2.24, 2.45) is 0 Å². The zero-order valence-corrected chi connectivity index (χ0v) is 8.31. The number of rotatable bonds is 3. The molecule has 4 nitrogen and oxygen atoms in total. The van der Waals surface area contributed by atoms with Gasteiger partial charge < -0.3 is 0 Å². The summed E-state index contributed by atoms with van der Waals surface area (Å²) in [5, 5.41) is 3.90. The van der Waals surface area contributed by atoms with Crippen LogP contribution in [0.15, 0.2) is 6.20 Å². The molecule has 0 aliphatic rings. The molecule has 0 saturated heterocycles. The van der Waals surface area contributed by atoms with E-state index >= 15 is 0 Å². The quantitative estimate of drug-likeness (QED) is 0.693. The zero-order valence-electron chi connectivity index (χ0n) is 7.49. The van der Waals surface area contributed by atoms with E-state index in [2.05, 4.69) is 5.10 Å². The van der Waals surface area contributed by atoms with Gasteiger partial charge in [0, 0.05) is 17.8 Å². The molecule has 0 unspecified atom stereocenters. The van der Waals surface area contributed by atoms with Crippen LogP contribution in [0.25, 0.3) is 0 Å². The minimum absolute atomic E-state index is 0.421. The number of nitrogens with zero attached hydrogens (tertiary/aromatic N) is 2. The van der Waals surface area contributed by atoms with Crippen molar-refractivity contribution in [3.63, 3.8) is 0 Å². The number of halogens is 1. The van der Waals surface area contributed by atoms with E-state index in [1.807, 2.05) is 6.92 Å². The van der Waals surface area contributed by atoms with Gasteiger partial charge in [-0.3, -0.25) is 4.68 Å². The van der Waals surface area contributed by atoms with E-state index in [4.69, 9.17) is 0 Å². The molecule has 74 valence electrons. The Kier molecular flexibility index (Phi) is 2.70. The minimum Gasteiger partial charge on any atom is -0.270 e. The molecule has 1 aromatic heterocycles. The Morgan fingerprint density at radius 2 is 2.23 bits per heavy atom. The molecule has 0 bridgehead atoms. The van der Waals surface area contributed by atoms with E-state index in [-0.39, 0.29) is 0 Å². The van der Waals surface area contributed by atoms with Gasteiger partial charge in [-0.1, -0.05) is 0 Å². The Hall–Kier alpha value is -0.910. The Bertz CT molecular complexity index is 397. The van der Waals surface area contributed by atoms with Crippen molar-refractivity contribution in [2.75, 3.05) is 0 Å². The maximum absolute atomic E-state index is 12.3. The topological polar surface area (TPSA) is 52.0 Å². The lowest BCUT2D eigenvalue weighted by molar-refractivity contribution is 0.550. The van der Waals surface area contributed by atoms with Crippen LogP contribution in [0.4, 0.5) is 3.89 Å². The molecule has 13 heavy (non-hydrogen) atoms. The van der Waals surface area contributed by atoms with Crippen LogP contribution in [0, 0.1) is 6.92 Å². The first-order valence-electron chi connectivity index (χ1n) is 3.87. The summed E-state index contributed by atoms with van der Waals surface area (Å²) < 4.78 is 34.6. The predicted molar refractivity (Wildman–Crippen MR) is 46.4 cm³/mol. The normalized spacial score (nSPS) is 11.9. The number of aryl methyl sites for hydroxylation is 1. The van der Waals surface area contributed by atoms with Gasteiger partial charge in [-0.15, -0.1) is 3.89 Å². The lowest BCUT2D eigenvalue weighted by Gasteiger charge is -1.99. The number of hydrogen-bond acceptors (Lipinski definition) is 3. The molecule has 0 aliphatic carbocycles. The molecule has 0 N–H and O–H groups in total. The van der Waals surface area contributed by atoms with Crippen LogP contribution in [0.2, 0.25) is 0 Å². The highest BCUT2D eigenvalue weighted by molar-refractivity contribution is 7.85. The lowest BCUT2D eigenvalue weighted by atomic mass is 10.3. The molecule has 0 aliphatic heterocycles. The average Bonchev–Trinajstić information content (AvgIpc) is 2.30. The van der Waals surface area contributed by atoms with Crippen molar-refractivity contribution in [1.82, 2.24) is 9.78 Å². The SMILES string of the molecule is CCn1ncc(CS(=O)(=O)F)c1C. The molecule has 0 saturated carbocycles. The smallest absolute Gasteiger partial charge is 0.270 e. The van der Waals surface area contributed by atoms with Crippen molar-refractivity contribution in [3.05, 3.63) is 17.5 Å². The van der Waals surface area contributed by atoms with Crippen molar-refractivity contribution in [2.45, 2.75) is 26.1 Å².